The third-order valence-corrected chi connectivity index (χ3v) is 4.75. The first-order valence-corrected chi connectivity index (χ1v) is 8.99. The van der Waals surface area contributed by atoms with Gasteiger partial charge in [-0.2, -0.15) is 5.10 Å². The maximum Gasteiger partial charge on any atom is 0.256 e. The molecule has 0 spiro atoms. The van der Waals surface area contributed by atoms with Gasteiger partial charge in [0.15, 0.2) is 0 Å². The molecule has 1 aromatic rings. The molecule has 0 aliphatic carbocycles. The van der Waals surface area contributed by atoms with Gasteiger partial charge in [0.25, 0.3) is 10.0 Å². The number of sulfonamides is 1. The first-order valence-electron chi connectivity index (χ1n) is 7.50. The summed E-state index contributed by atoms with van der Waals surface area (Å²) in [4.78, 5) is 2.86. The molecule has 0 radical (unpaired) electrons. The highest BCUT2D eigenvalue weighted by atomic mass is 32.2. The maximum atomic E-state index is 12.3. The average Bonchev–Trinajstić information content (AvgIpc) is 2.88. The van der Waals surface area contributed by atoms with Gasteiger partial charge in [0, 0.05) is 31.9 Å². The van der Waals surface area contributed by atoms with Gasteiger partial charge in [0.1, 0.15) is 4.90 Å². The molecule has 2 N–H and O–H groups in total. The fourth-order valence-corrected chi connectivity index (χ4v) is 3.36. The molecule has 1 aromatic heterocycles. The lowest BCUT2D eigenvalue weighted by Crippen LogP contribution is -2.44. The molecular weight excluding hydrogens is 290 g/mol. The maximum absolute atomic E-state index is 12.3. The zero-order valence-corrected chi connectivity index (χ0v) is 13.6. The van der Waals surface area contributed by atoms with E-state index in [-0.39, 0.29) is 4.90 Å². The molecule has 7 nitrogen and oxygen atoms in total. The molecule has 1 fully saturated rings. The van der Waals surface area contributed by atoms with Crippen molar-refractivity contribution < 1.29 is 8.42 Å². The van der Waals surface area contributed by atoms with Crippen molar-refractivity contribution in [1.82, 2.24) is 24.9 Å². The first-order chi connectivity index (χ1) is 9.97. The van der Waals surface area contributed by atoms with Crippen LogP contribution < -0.4 is 10.1 Å². The number of rotatable bonds is 7. The molecule has 0 unspecified atom stereocenters. The summed E-state index contributed by atoms with van der Waals surface area (Å²) < 4.78 is 26.2. The number of aromatic nitrogens is 2. The smallest absolute Gasteiger partial charge is 0.256 e. The van der Waals surface area contributed by atoms with Crippen molar-refractivity contribution in [1.29, 1.82) is 0 Å². The third-order valence-electron chi connectivity index (χ3n) is 3.42. The van der Waals surface area contributed by atoms with Gasteiger partial charge in [-0.25, -0.2) is 13.4 Å². The van der Waals surface area contributed by atoms with Crippen molar-refractivity contribution in [2.24, 2.45) is 0 Å². The van der Waals surface area contributed by atoms with Gasteiger partial charge in [-0.1, -0.05) is 20.3 Å². The van der Waals surface area contributed by atoms with Crippen LogP contribution in [-0.2, 0) is 16.6 Å². The van der Waals surface area contributed by atoms with E-state index in [0.717, 1.165) is 32.5 Å². The molecule has 0 atom stereocenters. The summed E-state index contributed by atoms with van der Waals surface area (Å²) in [5.41, 5.74) is 0. The predicted octanol–water partition coefficient (Wildman–Crippen LogP) is 0.560. The summed E-state index contributed by atoms with van der Waals surface area (Å²) in [6, 6.07) is 0.407. The van der Waals surface area contributed by atoms with Crippen molar-refractivity contribution in [2.75, 3.05) is 19.6 Å². The Hall–Kier alpha value is -0.960. The molecule has 2 rings (SSSR count). The molecule has 1 saturated heterocycles. The highest BCUT2D eigenvalue weighted by Crippen LogP contribution is 2.11. The van der Waals surface area contributed by atoms with Crippen LogP contribution >= 0.6 is 0 Å². The van der Waals surface area contributed by atoms with Crippen LogP contribution in [0.1, 0.15) is 33.1 Å². The van der Waals surface area contributed by atoms with E-state index in [4.69, 9.17) is 0 Å². The van der Waals surface area contributed by atoms with E-state index >= 15 is 0 Å². The molecule has 0 saturated carbocycles. The second-order valence-electron chi connectivity index (χ2n) is 5.69. The number of hydrazine groups is 1. The number of nitrogens with one attached hydrogen (secondary N) is 2. The lowest BCUT2D eigenvalue weighted by atomic mass is 10.2. The number of hydrogen-bond donors (Lipinski definition) is 2. The van der Waals surface area contributed by atoms with E-state index in [0.29, 0.717) is 12.6 Å². The molecule has 0 bridgehead atoms. The number of hydrogen-bond acceptors (Lipinski definition) is 5. The second-order valence-corrected chi connectivity index (χ2v) is 7.35. The Morgan fingerprint density at radius 1 is 1.29 bits per heavy atom. The van der Waals surface area contributed by atoms with Gasteiger partial charge in [0.05, 0.1) is 12.7 Å². The average molecular weight is 315 g/mol. The Balaban J connectivity index is 1.92. The largest absolute Gasteiger partial charge is 0.313 e. The van der Waals surface area contributed by atoms with Gasteiger partial charge in [-0.05, 0) is 12.8 Å². The van der Waals surface area contributed by atoms with Gasteiger partial charge in [-0.3, -0.25) is 4.68 Å². The van der Waals surface area contributed by atoms with E-state index in [1.165, 1.54) is 12.6 Å². The summed E-state index contributed by atoms with van der Waals surface area (Å²) in [5.74, 6) is 0. The Morgan fingerprint density at radius 3 is 2.67 bits per heavy atom. The summed E-state index contributed by atoms with van der Waals surface area (Å²) in [6.07, 6.45) is 6.21. The Kier molecular flexibility index (Phi) is 5.74. The highest BCUT2D eigenvalue weighted by Gasteiger charge is 2.21. The molecule has 0 amide bonds. The van der Waals surface area contributed by atoms with E-state index in [2.05, 4.69) is 29.1 Å². The molecule has 1 aliphatic heterocycles. The van der Waals surface area contributed by atoms with Crippen LogP contribution in [0.25, 0.3) is 0 Å². The van der Waals surface area contributed by atoms with Crippen LogP contribution in [-0.4, -0.2) is 48.9 Å². The van der Waals surface area contributed by atoms with Crippen molar-refractivity contribution in [3.63, 3.8) is 0 Å². The second kappa shape index (κ2) is 7.35. The highest BCUT2D eigenvalue weighted by molar-refractivity contribution is 7.89. The van der Waals surface area contributed by atoms with Crippen LogP contribution in [0.4, 0.5) is 0 Å². The molecular formula is C13H25N5O2S. The zero-order valence-electron chi connectivity index (χ0n) is 12.7. The summed E-state index contributed by atoms with van der Waals surface area (Å²) in [7, 11) is -3.51. The van der Waals surface area contributed by atoms with Gasteiger partial charge in [0.2, 0.25) is 0 Å². The molecule has 0 aromatic carbocycles. The van der Waals surface area contributed by atoms with Crippen LogP contribution in [0, 0.1) is 0 Å². The normalized spacial score (nSPS) is 17.5. The van der Waals surface area contributed by atoms with Gasteiger partial charge >= 0.3 is 0 Å². The Morgan fingerprint density at radius 2 is 2.00 bits per heavy atom. The molecule has 1 aliphatic rings. The van der Waals surface area contributed by atoms with Gasteiger partial charge < -0.3 is 5.32 Å². The van der Waals surface area contributed by atoms with Crippen molar-refractivity contribution in [3.05, 3.63) is 12.4 Å². The number of nitrogens with zero attached hydrogens (tertiary/aromatic N) is 3. The van der Waals surface area contributed by atoms with Crippen molar-refractivity contribution in [2.45, 2.75) is 50.6 Å². The monoisotopic (exact) mass is 315 g/mol. The Labute approximate surface area is 126 Å². The third kappa shape index (κ3) is 5.06. The van der Waals surface area contributed by atoms with E-state index in [9.17, 15) is 8.42 Å². The first kappa shape index (κ1) is 16.4. The van der Waals surface area contributed by atoms with Crippen LogP contribution in [0.3, 0.4) is 0 Å². The molecule has 120 valence electrons. The standard InChI is InChI=1S/C13H25N5O2S/c1-12(2)14-6-9-18-11-13(10-15-18)21(19,20)16-17-7-4-3-5-8-17/h10-12,14,16H,3-9H2,1-2H3. The van der Waals surface area contributed by atoms with Crippen molar-refractivity contribution in [3.8, 4) is 0 Å². The Bertz CT molecular complexity index is 535. The lowest BCUT2D eigenvalue weighted by Gasteiger charge is -2.26. The topological polar surface area (TPSA) is 79.3 Å². The van der Waals surface area contributed by atoms with E-state index < -0.39 is 10.0 Å². The van der Waals surface area contributed by atoms with Crippen LogP contribution in [0.2, 0.25) is 0 Å². The van der Waals surface area contributed by atoms with Gasteiger partial charge in [-0.15, -0.1) is 4.83 Å². The minimum Gasteiger partial charge on any atom is -0.313 e. The molecule has 21 heavy (non-hydrogen) atoms. The minimum atomic E-state index is -3.51. The minimum absolute atomic E-state index is 0.220. The molecule has 8 heteroatoms. The summed E-state index contributed by atoms with van der Waals surface area (Å²) >= 11 is 0. The fourth-order valence-electron chi connectivity index (χ4n) is 2.28. The fraction of sp³-hybridized carbons (Fsp3) is 0.769. The number of piperidine rings is 1. The molecule has 2 heterocycles. The zero-order chi connectivity index (χ0) is 15.3. The lowest BCUT2D eigenvalue weighted by molar-refractivity contribution is 0.200. The van der Waals surface area contributed by atoms with E-state index in [1.807, 2.05) is 0 Å². The van der Waals surface area contributed by atoms with E-state index in [1.54, 1.807) is 15.9 Å². The van der Waals surface area contributed by atoms with Crippen LogP contribution in [0.5, 0.6) is 0 Å². The predicted molar refractivity (Wildman–Crippen MR) is 81.1 cm³/mol. The quantitative estimate of drug-likeness (QED) is 0.769. The SMILES string of the molecule is CC(C)NCCn1cc(S(=O)(=O)NN2CCCCC2)cn1. The summed E-state index contributed by atoms with van der Waals surface area (Å²) in [5, 5.41) is 9.16. The van der Waals surface area contributed by atoms with Crippen LogP contribution in [0.15, 0.2) is 17.3 Å². The van der Waals surface area contributed by atoms with Crippen molar-refractivity contribution >= 4 is 10.0 Å². The summed E-state index contributed by atoms with van der Waals surface area (Å²) in [6.45, 7) is 7.09.